The molecule has 1 aliphatic heterocycles. The van der Waals surface area contributed by atoms with Gasteiger partial charge in [-0.25, -0.2) is 4.98 Å². The number of thioether (sulfide) groups is 1. The van der Waals surface area contributed by atoms with Crippen molar-refractivity contribution in [3.8, 4) is 23.0 Å². The fraction of sp³-hybridized carbons (Fsp3) is 0.217. The second-order valence-corrected chi connectivity index (χ2v) is 9.26. The molecule has 4 aromatic rings. The number of benzene rings is 2. The Morgan fingerprint density at radius 3 is 2.79 bits per heavy atom. The molecule has 33 heavy (non-hydrogen) atoms. The molecule has 0 saturated heterocycles. The number of anilines is 2. The summed E-state index contributed by atoms with van der Waals surface area (Å²) in [4.78, 5) is 18.7. The van der Waals surface area contributed by atoms with Crippen molar-refractivity contribution in [2.24, 2.45) is 0 Å². The number of carbonyl (C=O) groups is 1. The third kappa shape index (κ3) is 4.44. The number of nitrogens with zero attached hydrogens (tertiary/aromatic N) is 4. The van der Waals surface area contributed by atoms with Gasteiger partial charge in [-0.2, -0.15) is 0 Å². The van der Waals surface area contributed by atoms with E-state index in [1.54, 1.807) is 11.8 Å². The van der Waals surface area contributed by atoms with Crippen molar-refractivity contribution in [1.82, 2.24) is 15.2 Å². The summed E-state index contributed by atoms with van der Waals surface area (Å²) in [5, 5.41) is 11.3. The quantitative estimate of drug-likeness (QED) is 0.334. The molecule has 0 radical (unpaired) electrons. The highest BCUT2D eigenvalue weighted by Gasteiger charge is 2.21. The second kappa shape index (κ2) is 8.87. The summed E-state index contributed by atoms with van der Waals surface area (Å²) in [5.74, 6) is 2.23. The summed E-state index contributed by atoms with van der Waals surface area (Å²) in [5.41, 5.74) is 4.61. The van der Waals surface area contributed by atoms with Crippen LogP contribution in [0.1, 0.15) is 23.7 Å². The van der Waals surface area contributed by atoms with Crippen molar-refractivity contribution in [2.75, 3.05) is 11.7 Å². The lowest BCUT2D eigenvalue weighted by Gasteiger charge is -2.20. The average molecular weight is 481 g/mol. The van der Waals surface area contributed by atoms with Gasteiger partial charge in [0.05, 0.1) is 11.4 Å². The molecule has 8 nitrogen and oxygen atoms in total. The first-order valence-corrected chi connectivity index (χ1v) is 12.0. The Morgan fingerprint density at radius 2 is 1.97 bits per heavy atom. The monoisotopic (exact) mass is 480 g/mol. The highest BCUT2D eigenvalue weighted by atomic mass is 32.2. The first-order chi connectivity index (χ1) is 16.0. The molecule has 10 heteroatoms. The van der Waals surface area contributed by atoms with Crippen molar-refractivity contribution >= 4 is 39.8 Å². The Labute approximate surface area is 198 Å². The van der Waals surface area contributed by atoms with E-state index in [-0.39, 0.29) is 12.7 Å². The number of carbonyl (C=O) groups excluding carboxylic acids is 1. The van der Waals surface area contributed by atoms with Crippen LogP contribution in [0.4, 0.5) is 10.8 Å². The predicted molar refractivity (Wildman–Crippen MR) is 126 cm³/mol. The van der Waals surface area contributed by atoms with Crippen LogP contribution in [0.5, 0.6) is 11.5 Å². The molecule has 0 aliphatic carbocycles. The second-order valence-electron chi connectivity index (χ2n) is 7.50. The summed E-state index contributed by atoms with van der Waals surface area (Å²) in [6.07, 6.45) is 0. The lowest BCUT2D eigenvalue weighted by molar-refractivity contribution is -0.115. The van der Waals surface area contributed by atoms with Crippen LogP contribution in [-0.4, -0.2) is 27.9 Å². The van der Waals surface area contributed by atoms with Crippen LogP contribution in [0.15, 0.2) is 51.4 Å². The van der Waals surface area contributed by atoms with Gasteiger partial charge in [0.15, 0.2) is 16.6 Å². The summed E-state index contributed by atoms with van der Waals surface area (Å²) >= 11 is 2.82. The SMILES string of the molecule is CC(=O)N(c1nc(CSc2nnc(-c3ccc4c(c3)OCO4)o2)cs1)c1ccc(C)cc1C. The molecule has 0 N–H and O–H groups in total. The molecular weight excluding hydrogens is 460 g/mol. The van der Waals surface area contributed by atoms with Crippen molar-refractivity contribution in [3.05, 3.63) is 58.6 Å². The normalized spacial score (nSPS) is 12.2. The minimum absolute atomic E-state index is 0.0826. The highest BCUT2D eigenvalue weighted by Crippen LogP contribution is 2.37. The number of amides is 1. The Hall–Kier alpha value is -3.37. The lowest BCUT2D eigenvalue weighted by atomic mass is 10.1. The molecule has 0 fully saturated rings. The number of hydrogen-bond acceptors (Lipinski definition) is 9. The maximum Gasteiger partial charge on any atom is 0.277 e. The Morgan fingerprint density at radius 1 is 1.12 bits per heavy atom. The number of ether oxygens (including phenoxy) is 2. The number of rotatable bonds is 6. The standard InChI is InChI=1S/C23H20N4O4S2/c1-13-4-6-18(14(2)8-13)27(15(3)28)22-24-17(10-32-22)11-33-23-26-25-21(31-23)16-5-7-19-20(9-16)30-12-29-19/h4-10H,11-12H2,1-3H3. The zero-order valence-electron chi connectivity index (χ0n) is 18.2. The van der Waals surface area contributed by atoms with E-state index in [2.05, 4.69) is 21.2 Å². The molecule has 0 atom stereocenters. The van der Waals surface area contributed by atoms with Gasteiger partial charge in [0.25, 0.3) is 5.22 Å². The molecule has 1 amide bonds. The van der Waals surface area contributed by atoms with Gasteiger partial charge in [-0.05, 0) is 43.7 Å². The minimum Gasteiger partial charge on any atom is -0.454 e. The smallest absolute Gasteiger partial charge is 0.277 e. The average Bonchev–Trinajstić information content (AvgIpc) is 3.54. The number of hydrogen-bond donors (Lipinski definition) is 0. The molecular formula is C23H20N4O4S2. The molecule has 1 aliphatic rings. The maximum absolute atomic E-state index is 12.4. The van der Waals surface area contributed by atoms with Gasteiger partial charge in [-0.15, -0.1) is 21.5 Å². The molecule has 0 spiro atoms. The van der Waals surface area contributed by atoms with E-state index in [4.69, 9.17) is 13.9 Å². The summed E-state index contributed by atoms with van der Waals surface area (Å²) < 4.78 is 16.5. The zero-order chi connectivity index (χ0) is 22.9. The van der Waals surface area contributed by atoms with Gasteiger partial charge in [-0.1, -0.05) is 29.5 Å². The van der Waals surface area contributed by atoms with E-state index < -0.39 is 0 Å². The van der Waals surface area contributed by atoms with E-state index in [1.165, 1.54) is 23.1 Å². The van der Waals surface area contributed by atoms with Crippen LogP contribution in [0, 0.1) is 13.8 Å². The van der Waals surface area contributed by atoms with Gasteiger partial charge >= 0.3 is 0 Å². The Bertz CT molecular complexity index is 1330. The van der Waals surface area contributed by atoms with Crippen molar-refractivity contribution < 1.29 is 18.7 Å². The van der Waals surface area contributed by atoms with Crippen LogP contribution in [0.2, 0.25) is 0 Å². The fourth-order valence-corrected chi connectivity index (χ4v) is 5.12. The predicted octanol–water partition coefficient (Wildman–Crippen LogP) is 5.52. The van der Waals surface area contributed by atoms with Crippen LogP contribution >= 0.6 is 23.1 Å². The number of fused-ring (bicyclic) bond motifs is 1. The molecule has 168 valence electrons. The molecule has 0 unspecified atom stereocenters. The number of thiazole rings is 1. The minimum atomic E-state index is -0.0826. The van der Waals surface area contributed by atoms with Crippen LogP contribution < -0.4 is 14.4 Å². The lowest BCUT2D eigenvalue weighted by Crippen LogP contribution is -2.23. The fourth-order valence-electron chi connectivity index (χ4n) is 3.48. The van der Waals surface area contributed by atoms with E-state index in [0.29, 0.717) is 33.5 Å². The van der Waals surface area contributed by atoms with Crippen LogP contribution in [0.3, 0.4) is 0 Å². The van der Waals surface area contributed by atoms with Crippen molar-refractivity contribution in [2.45, 2.75) is 31.7 Å². The van der Waals surface area contributed by atoms with Gasteiger partial charge in [-0.3, -0.25) is 9.69 Å². The van der Waals surface area contributed by atoms with E-state index in [9.17, 15) is 4.79 Å². The van der Waals surface area contributed by atoms with E-state index >= 15 is 0 Å². The molecule has 0 saturated carbocycles. The first-order valence-electron chi connectivity index (χ1n) is 10.2. The molecule has 3 heterocycles. The van der Waals surface area contributed by atoms with Gasteiger partial charge in [0.1, 0.15) is 0 Å². The van der Waals surface area contributed by atoms with E-state index in [0.717, 1.165) is 28.1 Å². The van der Waals surface area contributed by atoms with Gasteiger partial charge in [0, 0.05) is 23.6 Å². The third-order valence-electron chi connectivity index (χ3n) is 5.01. The molecule has 0 bridgehead atoms. The first kappa shape index (κ1) is 21.5. The highest BCUT2D eigenvalue weighted by molar-refractivity contribution is 7.98. The molecule has 5 rings (SSSR count). The topological polar surface area (TPSA) is 90.6 Å². The molecule has 2 aromatic heterocycles. The van der Waals surface area contributed by atoms with Gasteiger partial charge < -0.3 is 13.9 Å². The van der Waals surface area contributed by atoms with Crippen molar-refractivity contribution in [3.63, 3.8) is 0 Å². The van der Waals surface area contributed by atoms with E-state index in [1.807, 2.05) is 49.6 Å². The Kier molecular flexibility index (Phi) is 5.77. The number of aryl methyl sites for hydroxylation is 2. The summed E-state index contributed by atoms with van der Waals surface area (Å²) in [6.45, 7) is 5.79. The van der Waals surface area contributed by atoms with Gasteiger partial charge in [0.2, 0.25) is 18.6 Å². The zero-order valence-corrected chi connectivity index (χ0v) is 19.8. The largest absolute Gasteiger partial charge is 0.454 e. The summed E-state index contributed by atoms with van der Waals surface area (Å²) in [6, 6.07) is 11.5. The van der Waals surface area contributed by atoms with Crippen LogP contribution in [-0.2, 0) is 10.5 Å². The third-order valence-corrected chi connectivity index (χ3v) is 6.74. The number of aromatic nitrogens is 3. The maximum atomic E-state index is 12.4. The van der Waals surface area contributed by atoms with Crippen molar-refractivity contribution in [1.29, 1.82) is 0 Å². The molecule has 2 aromatic carbocycles. The summed E-state index contributed by atoms with van der Waals surface area (Å²) in [7, 11) is 0. The van der Waals surface area contributed by atoms with Crippen LogP contribution in [0.25, 0.3) is 11.5 Å². The Balaban J connectivity index is 1.29.